The molecule has 4 N–H and O–H groups in total. The molecule has 0 fully saturated rings. The molecule has 17 heteroatoms. The SMILES string of the molecule is CCCCCCCOCCOCCNC(=O)OCCOCCOCCONOC/C=C/COC(=O)NCCOCCOCCOO. The molecule has 2 amide bonds. The molecule has 46 heavy (non-hydrogen) atoms. The summed E-state index contributed by atoms with van der Waals surface area (Å²) >= 11 is 0. The number of carbonyl (C=O) groups excluding carboxylic acids is 2. The molecule has 0 aromatic rings. The van der Waals surface area contributed by atoms with Crippen LogP contribution >= 0.6 is 0 Å². The summed E-state index contributed by atoms with van der Waals surface area (Å²) in [6.07, 6.45) is 8.26. The van der Waals surface area contributed by atoms with Gasteiger partial charge in [-0.05, 0) is 12.5 Å². The summed E-state index contributed by atoms with van der Waals surface area (Å²) in [4.78, 5) is 37.1. The fraction of sp³-hybridized carbons (Fsp3) is 0.862. The maximum absolute atomic E-state index is 11.6. The summed E-state index contributed by atoms with van der Waals surface area (Å²) in [5.74, 6) is 0. The number of carbonyl (C=O) groups is 2. The van der Waals surface area contributed by atoms with Crippen molar-refractivity contribution in [1.82, 2.24) is 16.3 Å². The highest BCUT2D eigenvalue weighted by molar-refractivity contribution is 5.67. The number of hydrogen-bond donors (Lipinski definition) is 4. The number of unbranched alkanes of at least 4 members (excludes halogenated alkanes) is 4. The van der Waals surface area contributed by atoms with Gasteiger partial charge in [0.05, 0.1) is 85.9 Å². The van der Waals surface area contributed by atoms with Gasteiger partial charge in [0.1, 0.15) is 19.8 Å². The van der Waals surface area contributed by atoms with E-state index in [1.807, 2.05) is 0 Å². The lowest BCUT2D eigenvalue weighted by Crippen LogP contribution is -2.29. The molecular weight excluding hydrogens is 614 g/mol. The quantitative estimate of drug-likeness (QED) is 0.0327. The summed E-state index contributed by atoms with van der Waals surface area (Å²) in [7, 11) is 0. The van der Waals surface area contributed by atoms with Crippen molar-refractivity contribution in [3.8, 4) is 0 Å². The molecule has 0 radical (unpaired) electrons. The Labute approximate surface area is 272 Å². The third-order valence-corrected chi connectivity index (χ3v) is 5.42. The molecule has 0 saturated carbocycles. The zero-order valence-electron chi connectivity index (χ0n) is 27.4. The molecular formula is C29H57N3O14. The zero-order chi connectivity index (χ0) is 33.4. The average molecular weight is 672 g/mol. The van der Waals surface area contributed by atoms with Crippen molar-refractivity contribution in [1.29, 1.82) is 0 Å². The molecule has 272 valence electrons. The highest BCUT2D eigenvalue weighted by atomic mass is 17.1. The van der Waals surface area contributed by atoms with Crippen LogP contribution in [-0.4, -0.2) is 143 Å². The predicted molar refractivity (Wildman–Crippen MR) is 165 cm³/mol. The molecule has 0 unspecified atom stereocenters. The normalized spacial score (nSPS) is 11.3. The minimum atomic E-state index is -0.564. The smallest absolute Gasteiger partial charge is 0.407 e. The van der Waals surface area contributed by atoms with Crippen molar-refractivity contribution >= 4 is 12.2 Å². The van der Waals surface area contributed by atoms with Crippen LogP contribution in [-0.2, 0) is 52.5 Å². The van der Waals surface area contributed by atoms with Gasteiger partial charge in [-0.15, -0.1) is 0 Å². The van der Waals surface area contributed by atoms with Crippen LogP contribution in [0.3, 0.4) is 0 Å². The number of amides is 2. The van der Waals surface area contributed by atoms with Crippen molar-refractivity contribution in [3.05, 3.63) is 12.2 Å². The molecule has 17 nitrogen and oxygen atoms in total. The van der Waals surface area contributed by atoms with Crippen LogP contribution in [0.2, 0.25) is 0 Å². The van der Waals surface area contributed by atoms with E-state index in [2.05, 4.69) is 28.1 Å². The van der Waals surface area contributed by atoms with Gasteiger partial charge in [0, 0.05) is 19.7 Å². The van der Waals surface area contributed by atoms with Gasteiger partial charge in [-0.25, -0.2) is 14.5 Å². The molecule has 0 atom stereocenters. The Balaban J connectivity index is 3.25. The molecule has 0 spiro atoms. The standard InChI is InChI=1S/C29H57N3O14/c1-2-3-4-5-6-11-36-16-17-37-15-10-31-29(34)43-25-22-39-20-21-40-23-26-45-32-44-13-8-7-12-42-28(33)30-9-14-38-18-19-41-24-27-46-35/h7-8,32,35H,2-6,9-27H2,1H3,(H,30,33)(H,31,34)/b8-7+. The van der Waals surface area contributed by atoms with E-state index in [9.17, 15) is 9.59 Å². The van der Waals surface area contributed by atoms with E-state index in [0.717, 1.165) is 13.0 Å². The van der Waals surface area contributed by atoms with E-state index < -0.39 is 12.2 Å². The highest BCUT2D eigenvalue weighted by Crippen LogP contribution is 2.02. The van der Waals surface area contributed by atoms with Crippen LogP contribution in [0.1, 0.15) is 39.0 Å². The summed E-state index contributed by atoms with van der Waals surface area (Å²) in [6.45, 7) is 8.43. The molecule has 0 heterocycles. The first kappa shape index (κ1) is 43.8. The molecule has 0 rings (SSSR count). The number of hydrogen-bond acceptors (Lipinski definition) is 15. The van der Waals surface area contributed by atoms with E-state index in [1.54, 1.807) is 12.2 Å². The topological polar surface area (TPSA) is 192 Å². The first-order chi connectivity index (χ1) is 22.7. The van der Waals surface area contributed by atoms with Crippen molar-refractivity contribution in [2.45, 2.75) is 39.0 Å². The molecule has 0 saturated heterocycles. The molecule has 0 aromatic carbocycles. The highest BCUT2D eigenvalue weighted by Gasteiger charge is 2.02. The Hall–Kier alpha value is -2.16. The Morgan fingerprint density at radius 3 is 1.65 bits per heavy atom. The third kappa shape index (κ3) is 38.0. The summed E-state index contributed by atoms with van der Waals surface area (Å²) in [6, 6.07) is 0. The van der Waals surface area contributed by atoms with E-state index in [4.69, 9.17) is 52.8 Å². The van der Waals surface area contributed by atoms with E-state index in [0.29, 0.717) is 72.6 Å². The van der Waals surface area contributed by atoms with Crippen LogP contribution < -0.4 is 16.3 Å². The van der Waals surface area contributed by atoms with Crippen LogP contribution in [0.25, 0.3) is 0 Å². The summed E-state index contributed by atoms with van der Waals surface area (Å²) in [5.41, 5.74) is 2.32. The maximum Gasteiger partial charge on any atom is 0.407 e. The first-order valence-corrected chi connectivity index (χ1v) is 15.9. The van der Waals surface area contributed by atoms with Gasteiger partial charge in [0.2, 0.25) is 0 Å². The molecule has 0 aliphatic heterocycles. The lowest BCUT2D eigenvalue weighted by Gasteiger charge is -2.09. The fourth-order valence-electron chi connectivity index (χ4n) is 3.14. The van der Waals surface area contributed by atoms with Crippen LogP contribution in [0.4, 0.5) is 9.59 Å². The van der Waals surface area contributed by atoms with Crippen molar-refractivity contribution in [3.63, 3.8) is 0 Å². The Kier molecular flexibility index (Phi) is 37.2. The van der Waals surface area contributed by atoms with Gasteiger partial charge < -0.3 is 48.5 Å². The summed E-state index contributed by atoms with van der Waals surface area (Å²) in [5, 5.41) is 13.3. The Bertz CT molecular complexity index is 679. The van der Waals surface area contributed by atoms with Crippen LogP contribution in [0.5, 0.6) is 0 Å². The minimum Gasteiger partial charge on any atom is -0.447 e. The van der Waals surface area contributed by atoms with Gasteiger partial charge in [-0.1, -0.05) is 44.3 Å². The first-order valence-electron chi connectivity index (χ1n) is 15.9. The fourth-order valence-corrected chi connectivity index (χ4v) is 3.14. The van der Waals surface area contributed by atoms with E-state index in [1.165, 1.54) is 25.7 Å². The summed E-state index contributed by atoms with van der Waals surface area (Å²) < 4.78 is 41.9. The van der Waals surface area contributed by atoms with Crippen LogP contribution in [0.15, 0.2) is 12.2 Å². The van der Waals surface area contributed by atoms with Gasteiger partial charge in [0.25, 0.3) is 0 Å². The monoisotopic (exact) mass is 671 g/mol. The zero-order valence-corrected chi connectivity index (χ0v) is 27.4. The molecule has 0 aliphatic carbocycles. The van der Waals surface area contributed by atoms with Gasteiger partial charge in [-0.3, -0.25) is 14.9 Å². The van der Waals surface area contributed by atoms with Gasteiger partial charge >= 0.3 is 12.2 Å². The second-order valence-electron chi connectivity index (χ2n) is 9.22. The molecule has 0 bridgehead atoms. The maximum atomic E-state index is 11.6. The third-order valence-electron chi connectivity index (χ3n) is 5.42. The second-order valence-corrected chi connectivity index (χ2v) is 9.22. The number of rotatable bonds is 36. The lowest BCUT2D eigenvalue weighted by atomic mass is 10.2. The minimum absolute atomic E-state index is 0.0817. The van der Waals surface area contributed by atoms with Crippen molar-refractivity contribution in [2.24, 2.45) is 0 Å². The van der Waals surface area contributed by atoms with Crippen molar-refractivity contribution in [2.75, 3.05) is 125 Å². The van der Waals surface area contributed by atoms with E-state index in [-0.39, 0.29) is 46.2 Å². The predicted octanol–water partition coefficient (Wildman–Crippen LogP) is 2.01. The number of ether oxygens (including phenoxy) is 8. The molecule has 0 aromatic heterocycles. The average Bonchev–Trinajstić information content (AvgIpc) is 3.05. The van der Waals surface area contributed by atoms with Crippen molar-refractivity contribution < 1.29 is 67.3 Å². The Morgan fingerprint density at radius 1 is 0.522 bits per heavy atom. The van der Waals surface area contributed by atoms with E-state index >= 15 is 0 Å². The van der Waals surface area contributed by atoms with Crippen LogP contribution in [0, 0.1) is 0 Å². The van der Waals surface area contributed by atoms with Gasteiger partial charge in [0.15, 0.2) is 0 Å². The second kappa shape index (κ2) is 39.0. The van der Waals surface area contributed by atoms with Gasteiger partial charge in [-0.2, -0.15) is 0 Å². The lowest BCUT2D eigenvalue weighted by molar-refractivity contribution is -0.249. The molecule has 0 aliphatic rings. The number of nitrogens with one attached hydrogen (secondary N) is 3. The number of alkyl carbamates (subject to hydrolysis) is 2. The Morgan fingerprint density at radius 2 is 1.02 bits per heavy atom. The largest absolute Gasteiger partial charge is 0.447 e.